The molecule has 0 saturated carbocycles. The number of phenolic OH excluding ortho intramolecular Hbond substituents is 3. The molecule has 0 saturated heterocycles. The van der Waals surface area contributed by atoms with Crippen LogP contribution < -0.4 is 9.64 Å². The van der Waals surface area contributed by atoms with Gasteiger partial charge in [0, 0.05) is 29.2 Å². The molecular weight excluding hydrogens is 414 g/mol. The van der Waals surface area contributed by atoms with Crippen LogP contribution in [0.2, 0.25) is 0 Å². The molecule has 0 aliphatic carbocycles. The van der Waals surface area contributed by atoms with Gasteiger partial charge in [-0.25, -0.2) is 0 Å². The first kappa shape index (κ1) is 22.1. The van der Waals surface area contributed by atoms with Crippen molar-refractivity contribution in [1.82, 2.24) is 0 Å². The molecule has 168 valence electrons. The summed E-state index contributed by atoms with van der Waals surface area (Å²) < 4.78 is 6.05. The molecule has 0 amide bonds. The number of aryl methyl sites for hydroxylation is 2. The van der Waals surface area contributed by atoms with Gasteiger partial charge < -0.3 is 25.0 Å². The highest BCUT2D eigenvalue weighted by Crippen LogP contribution is 2.40. The zero-order valence-corrected chi connectivity index (χ0v) is 19.1. The molecule has 0 aliphatic heterocycles. The number of hydrogen-bond donors (Lipinski definition) is 3. The Morgan fingerprint density at radius 3 is 1.58 bits per heavy atom. The summed E-state index contributed by atoms with van der Waals surface area (Å²) in [5, 5.41) is 30.5. The Balaban J connectivity index is 1.72. The summed E-state index contributed by atoms with van der Waals surface area (Å²) in [6, 6.07) is 22.0. The van der Waals surface area contributed by atoms with Gasteiger partial charge in [-0.15, -0.1) is 0 Å². The van der Waals surface area contributed by atoms with Crippen molar-refractivity contribution in [3.63, 3.8) is 0 Å². The Hall–Kier alpha value is -4.12. The van der Waals surface area contributed by atoms with Crippen LogP contribution in [0.15, 0.2) is 72.8 Å². The molecule has 0 aliphatic rings. The number of benzene rings is 4. The first-order valence-electron chi connectivity index (χ1n) is 10.7. The number of anilines is 3. The van der Waals surface area contributed by atoms with E-state index in [4.69, 9.17) is 4.74 Å². The van der Waals surface area contributed by atoms with Crippen LogP contribution in [-0.2, 0) is 0 Å². The lowest BCUT2D eigenvalue weighted by molar-refractivity contribution is 0.457. The van der Waals surface area contributed by atoms with Gasteiger partial charge >= 0.3 is 0 Å². The van der Waals surface area contributed by atoms with Gasteiger partial charge in [0.1, 0.15) is 28.7 Å². The quantitative estimate of drug-likeness (QED) is 0.303. The molecule has 0 aromatic heterocycles. The fourth-order valence-corrected chi connectivity index (χ4v) is 3.60. The van der Waals surface area contributed by atoms with E-state index in [9.17, 15) is 15.3 Å². The van der Waals surface area contributed by atoms with E-state index < -0.39 is 0 Å². The first-order chi connectivity index (χ1) is 15.7. The Kier molecular flexibility index (Phi) is 5.88. The van der Waals surface area contributed by atoms with Gasteiger partial charge in [-0.3, -0.25) is 0 Å². The second-order valence-electron chi connectivity index (χ2n) is 8.21. The van der Waals surface area contributed by atoms with Gasteiger partial charge in [0.05, 0.1) is 0 Å². The van der Waals surface area contributed by atoms with E-state index in [0.717, 1.165) is 39.3 Å². The molecule has 0 atom stereocenters. The van der Waals surface area contributed by atoms with Crippen molar-refractivity contribution in [2.75, 3.05) is 4.90 Å². The van der Waals surface area contributed by atoms with E-state index in [1.54, 1.807) is 24.3 Å². The summed E-state index contributed by atoms with van der Waals surface area (Å²) in [4.78, 5) is 1.96. The fourth-order valence-electron chi connectivity index (χ4n) is 3.60. The molecule has 0 radical (unpaired) electrons. The maximum atomic E-state index is 10.3. The molecule has 0 unspecified atom stereocenters. The van der Waals surface area contributed by atoms with Crippen molar-refractivity contribution in [3.05, 3.63) is 95.1 Å². The molecule has 0 fully saturated rings. The third kappa shape index (κ3) is 4.44. The topological polar surface area (TPSA) is 73.2 Å². The second kappa shape index (κ2) is 8.79. The van der Waals surface area contributed by atoms with Gasteiger partial charge in [-0.05, 0) is 98.5 Å². The molecule has 0 bridgehead atoms. The number of ether oxygens (including phenoxy) is 1. The summed E-state index contributed by atoms with van der Waals surface area (Å²) >= 11 is 0. The number of aromatic hydroxyl groups is 3. The molecule has 0 heterocycles. The molecule has 3 N–H and O–H groups in total. The summed E-state index contributed by atoms with van der Waals surface area (Å²) in [5.74, 6) is 1.99. The van der Waals surface area contributed by atoms with Crippen molar-refractivity contribution < 1.29 is 20.1 Å². The molecular formula is C28H27NO4. The zero-order valence-electron chi connectivity index (χ0n) is 19.1. The normalized spacial score (nSPS) is 10.8. The van der Waals surface area contributed by atoms with Gasteiger partial charge in [-0.2, -0.15) is 0 Å². The summed E-state index contributed by atoms with van der Waals surface area (Å²) in [6.07, 6.45) is 0. The lowest BCUT2D eigenvalue weighted by atomic mass is 10.1. The highest BCUT2D eigenvalue weighted by atomic mass is 16.5. The monoisotopic (exact) mass is 441 g/mol. The average Bonchev–Trinajstić information content (AvgIpc) is 2.80. The van der Waals surface area contributed by atoms with Crippen molar-refractivity contribution in [3.8, 4) is 28.7 Å². The summed E-state index contributed by atoms with van der Waals surface area (Å²) in [7, 11) is 0. The third-order valence-electron chi connectivity index (χ3n) is 5.93. The van der Waals surface area contributed by atoms with Crippen molar-refractivity contribution in [2.45, 2.75) is 27.7 Å². The average molecular weight is 442 g/mol. The molecule has 4 aromatic carbocycles. The van der Waals surface area contributed by atoms with Gasteiger partial charge in [0.15, 0.2) is 0 Å². The van der Waals surface area contributed by atoms with Crippen LogP contribution in [0, 0.1) is 27.7 Å². The van der Waals surface area contributed by atoms with Crippen molar-refractivity contribution in [1.29, 1.82) is 0 Å². The molecule has 4 rings (SSSR count). The zero-order chi connectivity index (χ0) is 23.7. The van der Waals surface area contributed by atoms with E-state index in [1.165, 1.54) is 0 Å². The van der Waals surface area contributed by atoms with Crippen LogP contribution in [0.4, 0.5) is 17.1 Å². The number of hydrogen-bond acceptors (Lipinski definition) is 5. The Morgan fingerprint density at radius 1 is 0.545 bits per heavy atom. The highest BCUT2D eigenvalue weighted by molar-refractivity contribution is 5.78. The summed E-state index contributed by atoms with van der Waals surface area (Å²) in [6.45, 7) is 7.46. The lowest BCUT2D eigenvalue weighted by Gasteiger charge is -2.26. The van der Waals surface area contributed by atoms with E-state index in [-0.39, 0.29) is 17.2 Å². The number of nitrogens with zero attached hydrogens (tertiary/aromatic N) is 1. The fraction of sp³-hybridized carbons (Fsp3) is 0.143. The SMILES string of the molecule is Cc1ccc(N(c2ccc(Oc3ccc(O)c(C)c3C)cc2)c2ccc(C)c(O)c2)cc1O. The van der Waals surface area contributed by atoms with Crippen LogP contribution in [-0.4, -0.2) is 15.3 Å². The Morgan fingerprint density at radius 2 is 1.06 bits per heavy atom. The van der Waals surface area contributed by atoms with E-state index >= 15 is 0 Å². The number of rotatable bonds is 5. The van der Waals surface area contributed by atoms with Gasteiger partial charge in [0.2, 0.25) is 0 Å². The Labute approximate surface area is 193 Å². The van der Waals surface area contributed by atoms with Crippen molar-refractivity contribution in [2.24, 2.45) is 0 Å². The van der Waals surface area contributed by atoms with Gasteiger partial charge in [0.25, 0.3) is 0 Å². The predicted octanol–water partition coefficient (Wildman–Crippen LogP) is 7.30. The van der Waals surface area contributed by atoms with Crippen LogP contribution in [0.3, 0.4) is 0 Å². The van der Waals surface area contributed by atoms with E-state index in [2.05, 4.69) is 0 Å². The van der Waals surface area contributed by atoms with E-state index in [1.807, 2.05) is 81.1 Å². The largest absolute Gasteiger partial charge is 0.508 e. The predicted molar refractivity (Wildman–Crippen MR) is 132 cm³/mol. The smallest absolute Gasteiger partial charge is 0.130 e. The molecule has 0 spiro atoms. The van der Waals surface area contributed by atoms with Gasteiger partial charge in [-0.1, -0.05) is 12.1 Å². The Bertz CT molecular complexity index is 1260. The highest BCUT2D eigenvalue weighted by Gasteiger charge is 2.16. The summed E-state index contributed by atoms with van der Waals surface area (Å²) in [5.41, 5.74) is 5.61. The standard InChI is InChI=1S/C28H27NO4/c1-17-5-7-22(15-26(17)31)29(23-8-6-18(2)27(32)16-23)21-9-11-24(12-10-21)33-28-14-13-25(30)19(3)20(28)4/h5-16,30-32H,1-4H3. The van der Waals surface area contributed by atoms with Crippen LogP contribution >= 0.6 is 0 Å². The van der Waals surface area contributed by atoms with Crippen LogP contribution in [0.5, 0.6) is 28.7 Å². The number of phenols is 3. The van der Waals surface area contributed by atoms with Crippen LogP contribution in [0.1, 0.15) is 22.3 Å². The van der Waals surface area contributed by atoms with Crippen molar-refractivity contribution >= 4 is 17.1 Å². The minimum Gasteiger partial charge on any atom is -0.508 e. The maximum Gasteiger partial charge on any atom is 0.130 e. The minimum atomic E-state index is 0.201. The van der Waals surface area contributed by atoms with Crippen LogP contribution in [0.25, 0.3) is 0 Å². The third-order valence-corrected chi connectivity index (χ3v) is 5.93. The molecule has 5 heteroatoms. The molecule has 4 aromatic rings. The first-order valence-corrected chi connectivity index (χ1v) is 10.7. The minimum absolute atomic E-state index is 0.201. The maximum absolute atomic E-state index is 10.3. The lowest BCUT2D eigenvalue weighted by Crippen LogP contribution is -2.10. The van der Waals surface area contributed by atoms with E-state index in [0.29, 0.717) is 11.5 Å². The molecule has 33 heavy (non-hydrogen) atoms. The second-order valence-corrected chi connectivity index (χ2v) is 8.21. The molecule has 5 nitrogen and oxygen atoms in total.